The number of benzene rings is 2. The topological polar surface area (TPSA) is 106 Å². The molecule has 12 heteroatoms. The highest BCUT2D eigenvalue weighted by Gasteiger charge is 2.36. The molecule has 0 saturated carbocycles. The monoisotopic (exact) mass is 513 g/mol. The number of hydrogen-bond acceptors (Lipinski definition) is 8. The summed E-state index contributed by atoms with van der Waals surface area (Å²) >= 11 is 0. The molecule has 0 spiro atoms. The first kappa shape index (κ1) is 25.6. The largest absolute Gasteiger partial charge is 0.438 e. The van der Waals surface area contributed by atoms with E-state index in [1.54, 1.807) is 18.2 Å². The molecule has 192 valence electrons. The summed E-state index contributed by atoms with van der Waals surface area (Å²) in [4.78, 5) is 33.0. The Bertz CT molecular complexity index is 1310. The Morgan fingerprint density at radius 2 is 1.95 bits per heavy atom. The van der Waals surface area contributed by atoms with Crippen molar-refractivity contribution in [2.45, 2.75) is 6.18 Å². The van der Waals surface area contributed by atoms with Gasteiger partial charge in [-0.2, -0.15) is 18.2 Å². The molecule has 1 aliphatic rings. The number of carbonyl (C=O) groups is 2. The van der Waals surface area contributed by atoms with E-state index in [0.29, 0.717) is 50.2 Å². The molecule has 4 rings (SSSR count). The van der Waals surface area contributed by atoms with Gasteiger partial charge in [0.2, 0.25) is 17.7 Å². The number of morpholine rings is 1. The zero-order valence-electron chi connectivity index (χ0n) is 19.4. The second-order valence-electron chi connectivity index (χ2n) is 7.85. The Balaban J connectivity index is 1.61. The molecule has 9 nitrogen and oxygen atoms in total. The van der Waals surface area contributed by atoms with E-state index < -0.39 is 23.5 Å². The third kappa shape index (κ3) is 6.41. The predicted octanol–water partition coefficient (Wildman–Crippen LogP) is 4.80. The molecule has 0 aliphatic carbocycles. The van der Waals surface area contributed by atoms with Crippen molar-refractivity contribution < 1.29 is 32.2 Å². The van der Waals surface area contributed by atoms with Crippen molar-refractivity contribution in [3.63, 3.8) is 0 Å². The van der Waals surface area contributed by atoms with Gasteiger partial charge in [0, 0.05) is 42.3 Å². The minimum Gasteiger partial charge on any atom is -0.438 e. The average molecular weight is 513 g/mol. The van der Waals surface area contributed by atoms with E-state index in [2.05, 4.69) is 32.1 Å². The number of halogens is 3. The van der Waals surface area contributed by atoms with Gasteiger partial charge >= 0.3 is 6.18 Å². The number of rotatable bonds is 8. The van der Waals surface area contributed by atoms with E-state index in [0.717, 1.165) is 11.8 Å². The zero-order chi connectivity index (χ0) is 26.4. The highest BCUT2D eigenvalue weighted by atomic mass is 19.4. The summed E-state index contributed by atoms with van der Waals surface area (Å²) in [5.74, 6) is -1.45. The van der Waals surface area contributed by atoms with Crippen LogP contribution in [0.5, 0.6) is 11.6 Å². The molecule has 0 radical (unpaired) electrons. The summed E-state index contributed by atoms with van der Waals surface area (Å²) in [7, 11) is 0. The molecule has 1 saturated heterocycles. The maximum atomic E-state index is 13.6. The van der Waals surface area contributed by atoms with Crippen LogP contribution in [0, 0.1) is 0 Å². The first-order valence-corrected chi connectivity index (χ1v) is 11.1. The SMILES string of the molecule is C=CC(=O)Nc1cccc(Oc2nc(Nc3ccc(N4CCOCC4)cc3C=O)ncc2C(F)(F)F)c1. The second kappa shape index (κ2) is 11.1. The number of aromatic nitrogens is 2. The third-order valence-corrected chi connectivity index (χ3v) is 5.35. The molecule has 1 aliphatic heterocycles. The summed E-state index contributed by atoms with van der Waals surface area (Å²) < 4.78 is 51.7. The smallest absolute Gasteiger partial charge is 0.423 e. The number of aldehydes is 1. The molecule has 3 aromatic rings. The fourth-order valence-corrected chi connectivity index (χ4v) is 3.54. The highest BCUT2D eigenvalue weighted by Crippen LogP contribution is 2.38. The van der Waals surface area contributed by atoms with Gasteiger partial charge in [0.25, 0.3) is 0 Å². The number of amides is 1. The molecule has 0 unspecified atom stereocenters. The van der Waals surface area contributed by atoms with Crippen LogP contribution in [0.2, 0.25) is 0 Å². The zero-order valence-corrected chi connectivity index (χ0v) is 19.4. The van der Waals surface area contributed by atoms with Crippen molar-refractivity contribution >= 4 is 35.2 Å². The summed E-state index contributed by atoms with van der Waals surface area (Å²) in [6.45, 7) is 5.84. The fraction of sp³-hybridized carbons (Fsp3) is 0.200. The third-order valence-electron chi connectivity index (χ3n) is 5.35. The van der Waals surface area contributed by atoms with Gasteiger partial charge in [-0.05, 0) is 36.4 Å². The number of nitrogens with one attached hydrogen (secondary N) is 2. The van der Waals surface area contributed by atoms with Crippen LogP contribution in [0.3, 0.4) is 0 Å². The molecule has 0 bridgehead atoms. The first-order valence-electron chi connectivity index (χ1n) is 11.1. The minimum absolute atomic E-state index is 0.000423. The number of anilines is 4. The summed E-state index contributed by atoms with van der Waals surface area (Å²) in [6, 6.07) is 10.9. The van der Waals surface area contributed by atoms with Gasteiger partial charge in [-0.25, -0.2) is 4.98 Å². The molecule has 0 atom stereocenters. The van der Waals surface area contributed by atoms with Gasteiger partial charge in [0.05, 0.1) is 18.9 Å². The standard InChI is InChI=1S/C25H22F3N5O4/c1-2-22(35)30-17-4-3-5-19(13-17)37-23-20(25(26,27)28)14-29-24(32-23)31-21-7-6-18(12-16(21)15-34)33-8-10-36-11-9-33/h2-7,12-15H,1,8-11H2,(H,30,35)(H,29,31,32). The van der Waals surface area contributed by atoms with Crippen molar-refractivity contribution in [3.05, 3.63) is 72.4 Å². The van der Waals surface area contributed by atoms with Crippen LogP contribution in [0.4, 0.5) is 36.2 Å². The number of alkyl halides is 3. The average Bonchev–Trinajstić information content (AvgIpc) is 2.89. The number of carbonyl (C=O) groups excluding carboxylic acids is 2. The molecule has 2 N–H and O–H groups in total. The van der Waals surface area contributed by atoms with Crippen molar-refractivity contribution in [2.24, 2.45) is 0 Å². The summed E-state index contributed by atoms with van der Waals surface area (Å²) in [5, 5.41) is 5.29. The van der Waals surface area contributed by atoms with Gasteiger partial charge in [-0.15, -0.1) is 0 Å². The van der Waals surface area contributed by atoms with E-state index in [4.69, 9.17) is 9.47 Å². The van der Waals surface area contributed by atoms with Gasteiger partial charge in [-0.1, -0.05) is 12.6 Å². The van der Waals surface area contributed by atoms with Crippen LogP contribution >= 0.6 is 0 Å². The lowest BCUT2D eigenvalue weighted by atomic mass is 10.1. The normalized spacial score (nSPS) is 13.5. The molecule has 37 heavy (non-hydrogen) atoms. The van der Waals surface area contributed by atoms with Crippen molar-refractivity contribution in [3.8, 4) is 11.6 Å². The first-order chi connectivity index (χ1) is 17.8. The van der Waals surface area contributed by atoms with E-state index in [-0.39, 0.29) is 17.3 Å². The molecule has 2 aromatic carbocycles. The maximum absolute atomic E-state index is 13.6. The second-order valence-corrected chi connectivity index (χ2v) is 7.85. The van der Waals surface area contributed by atoms with Crippen LogP contribution in [0.1, 0.15) is 15.9 Å². The van der Waals surface area contributed by atoms with E-state index >= 15 is 0 Å². The Morgan fingerprint density at radius 3 is 2.65 bits per heavy atom. The highest BCUT2D eigenvalue weighted by molar-refractivity contribution is 5.99. The van der Waals surface area contributed by atoms with Crippen molar-refractivity contribution in [2.75, 3.05) is 41.8 Å². The summed E-state index contributed by atoms with van der Waals surface area (Å²) in [5.41, 5.74) is 0.500. The minimum atomic E-state index is -4.80. The van der Waals surface area contributed by atoms with E-state index in [1.165, 1.54) is 24.3 Å². The van der Waals surface area contributed by atoms with Crippen LogP contribution in [-0.4, -0.2) is 48.5 Å². The number of nitrogens with zero attached hydrogens (tertiary/aromatic N) is 3. The van der Waals surface area contributed by atoms with Crippen LogP contribution in [-0.2, 0) is 15.7 Å². The summed E-state index contributed by atoms with van der Waals surface area (Å²) in [6.07, 6.45) is -2.51. The van der Waals surface area contributed by atoms with E-state index in [1.807, 2.05) is 0 Å². The molecular formula is C25H22F3N5O4. The Morgan fingerprint density at radius 1 is 1.16 bits per heavy atom. The molecule has 1 fully saturated rings. The lowest BCUT2D eigenvalue weighted by Crippen LogP contribution is -2.36. The lowest BCUT2D eigenvalue weighted by Gasteiger charge is -2.29. The van der Waals surface area contributed by atoms with Crippen molar-refractivity contribution in [1.82, 2.24) is 9.97 Å². The number of ether oxygens (including phenoxy) is 2. The van der Waals surface area contributed by atoms with Gasteiger partial charge < -0.3 is 25.0 Å². The maximum Gasteiger partial charge on any atom is 0.423 e. The molecular weight excluding hydrogens is 491 g/mol. The van der Waals surface area contributed by atoms with Crippen LogP contribution < -0.4 is 20.3 Å². The lowest BCUT2D eigenvalue weighted by molar-refractivity contribution is -0.139. The van der Waals surface area contributed by atoms with E-state index in [9.17, 15) is 22.8 Å². The fourth-order valence-electron chi connectivity index (χ4n) is 3.54. The van der Waals surface area contributed by atoms with Gasteiger partial charge in [-0.3, -0.25) is 9.59 Å². The van der Waals surface area contributed by atoms with Crippen LogP contribution in [0.15, 0.2) is 61.3 Å². The molecule has 1 amide bonds. The molecule has 1 aromatic heterocycles. The Hall–Kier alpha value is -4.45. The predicted molar refractivity (Wildman–Crippen MR) is 131 cm³/mol. The van der Waals surface area contributed by atoms with Gasteiger partial charge in [0.1, 0.15) is 11.3 Å². The van der Waals surface area contributed by atoms with Crippen molar-refractivity contribution in [1.29, 1.82) is 0 Å². The quantitative estimate of drug-likeness (QED) is 0.327. The Kier molecular flexibility index (Phi) is 7.68. The number of hydrogen-bond donors (Lipinski definition) is 2. The van der Waals surface area contributed by atoms with Gasteiger partial charge in [0.15, 0.2) is 6.29 Å². The molecule has 2 heterocycles. The van der Waals surface area contributed by atoms with Crippen LogP contribution in [0.25, 0.3) is 0 Å². The Labute approximate surface area is 209 Å².